The zero-order valence-corrected chi connectivity index (χ0v) is 13.7. The van der Waals surface area contributed by atoms with E-state index in [2.05, 4.69) is 0 Å². The molecular weight excluding hydrogens is 292 g/mol. The molecule has 0 bridgehead atoms. The van der Waals surface area contributed by atoms with Crippen LogP contribution in [-0.4, -0.2) is 21.8 Å². The molecular formula is C19H22O4. The van der Waals surface area contributed by atoms with Crippen molar-refractivity contribution in [3.63, 3.8) is 0 Å². The van der Waals surface area contributed by atoms with Crippen molar-refractivity contribution in [2.24, 2.45) is 0 Å². The molecule has 0 radical (unpaired) electrons. The molecule has 0 heterocycles. The lowest BCUT2D eigenvalue weighted by Crippen LogP contribution is -2.23. The van der Waals surface area contributed by atoms with Gasteiger partial charge in [-0.05, 0) is 50.5 Å². The summed E-state index contributed by atoms with van der Waals surface area (Å²) >= 11 is 0. The van der Waals surface area contributed by atoms with E-state index in [1.54, 1.807) is 6.07 Å². The molecule has 0 aliphatic carbocycles. The summed E-state index contributed by atoms with van der Waals surface area (Å²) in [7, 11) is 0. The average Bonchev–Trinajstić information content (AvgIpc) is 2.47. The topological polar surface area (TPSA) is 66.8 Å². The molecule has 0 aromatic heterocycles. The second-order valence-electron chi connectivity index (χ2n) is 6.46. The first-order valence-corrected chi connectivity index (χ1v) is 7.58. The standard InChI is InChI=1S/C19H22O4/c1-19(2,3)23-16-12-13(9-10-17(20)21)11-15(18(16)22)14-7-5-4-6-8-14/h4-8,11-12,22H,9-10H2,1-3H3,(H,20,21). The van der Waals surface area contributed by atoms with Crippen LogP contribution >= 0.6 is 0 Å². The van der Waals surface area contributed by atoms with E-state index in [0.29, 0.717) is 17.7 Å². The van der Waals surface area contributed by atoms with Crippen molar-refractivity contribution in [1.29, 1.82) is 0 Å². The summed E-state index contributed by atoms with van der Waals surface area (Å²) in [4.78, 5) is 10.8. The van der Waals surface area contributed by atoms with Gasteiger partial charge in [-0.25, -0.2) is 0 Å². The van der Waals surface area contributed by atoms with Crippen LogP contribution in [0.15, 0.2) is 42.5 Å². The Morgan fingerprint density at radius 3 is 2.35 bits per heavy atom. The Labute approximate surface area is 136 Å². The molecule has 2 aromatic rings. The summed E-state index contributed by atoms with van der Waals surface area (Å²) in [5.41, 5.74) is 1.87. The number of ether oxygens (including phenoxy) is 1. The van der Waals surface area contributed by atoms with Gasteiger partial charge < -0.3 is 14.9 Å². The Balaban J connectivity index is 2.49. The predicted octanol–water partition coefficient (Wildman–Crippen LogP) is 4.25. The molecule has 0 aliphatic rings. The number of hydrogen-bond donors (Lipinski definition) is 2. The molecule has 4 nitrogen and oxygen atoms in total. The van der Waals surface area contributed by atoms with Crippen molar-refractivity contribution in [3.05, 3.63) is 48.0 Å². The number of phenols is 1. The summed E-state index contributed by atoms with van der Waals surface area (Å²) in [6.07, 6.45) is 0.421. The fourth-order valence-corrected chi connectivity index (χ4v) is 2.31. The van der Waals surface area contributed by atoms with Gasteiger partial charge in [0.05, 0.1) is 0 Å². The second kappa shape index (κ2) is 6.73. The molecule has 0 fully saturated rings. The van der Waals surface area contributed by atoms with Gasteiger partial charge in [-0.1, -0.05) is 30.3 Å². The van der Waals surface area contributed by atoms with Crippen LogP contribution in [0.5, 0.6) is 11.5 Å². The van der Waals surface area contributed by atoms with Crippen LogP contribution in [0.1, 0.15) is 32.8 Å². The van der Waals surface area contributed by atoms with Crippen molar-refractivity contribution in [3.8, 4) is 22.6 Å². The van der Waals surface area contributed by atoms with Crippen molar-refractivity contribution >= 4 is 5.97 Å². The number of aromatic hydroxyl groups is 1. The summed E-state index contributed by atoms with van der Waals surface area (Å²) < 4.78 is 5.84. The molecule has 0 saturated carbocycles. The maximum atomic E-state index is 10.8. The first kappa shape index (κ1) is 16.9. The molecule has 2 N–H and O–H groups in total. The normalized spacial score (nSPS) is 11.3. The Morgan fingerprint density at radius 2 is 1.78 bits per heavy atom. The van der Waals surface area contributed by atoms with Gasteiger partial charge in [-0.2, -0.15) is 0 Å². The van der Waals surface area contributed by atoms with E-state index < -0.39 is 11.6 Å². The van der Waals surface area contributed by atoms with Gasteiger partial charge in [0.1, 0.15) is 5.60 Å². The van der Waals surface area contributed by atoms with E-state index in [-0.39, 0.29) is 12.2 Å². The number of carbonyl (C=O) groups is 1. The number of phenolic OH excluding ortho intramolecular Hbond substituents is 1. The summed E-state index contributed by atoms with van der Waals surface area (Å²) in [5, 5.41) is 19.5. The fourth-order valence-electron chi connectivity index (χ4n) is 2.31. The molecule has 122 valence electrons. The Bertz CT molecular complexity index is 685. The molecule has 0 amide bonds. The van der Waals surface area contributed by atoms with Gasteiger partial charge in [0, 0.05) is 12.0 Å². The molecule has 2 aromatic carbocycles. The fraction of sp³-hybridized carbons (Fsp3) is 0.316. The number of carboxylic acid groups (broad SMARTS) is 1. The number of benzene rings is 2. The van der Waals surface area contributed by atoms with E-state index in [4.69, 9.17) is 9.84 Å². The molecule has 0 unspecified atom stereocenters. The molecule has 0 spiro atoms. The first-order valence-electron chi connectivity index (χ1n) is 7.58. The highest BCUT2D eigenvalue weighted by atomic mass is 16.5. The second-order valence-corrected chi connectivity index (χ2v) is 6.46. The first-order chi connectivity index (χ1) is 10.8. The Hall–Kier alpha value is -2.49. The zero-order valence-electron chi connectivity index (χ0n) is 13.7. The highest BCUT2D eigenvalue weighted by molar-refractivity contribution is 5.74. The van der Waals surface area contributed by atoms with Gasteiger partial charge in [-0.15, -0.1) is 0 Å². The zero-order chi connectivity index (χ0) is 17.0. The number of aryl methyl sites for hydroxylation is 1. The van der Waals surface area contributed by atoms with Crippen LogP contribution in [0.3, 0.4) is 0 Å². The largest absolute Gasteiger partial charge is 0.504 e. The number of aliphatic carboxylic acids is 1. The predicted molar refractivity (Wildman–Crippen MR) is 89.9 cm³/mol. The minimum atomic E-state index is -0.849. The SMILES string of the molecule is CC(C)(C)Oc1cc(CCC(=O)O)cc(-c2ccccc2)c1O. The molecule has 0 aliphatic heterocycles. The third kappa shape index (κ3) is 4.74. The van der Waals surface area contributed by atoms with Crippen molar-refractivity contribution < 1.29 is 19.7 Å². The molecule has 2 rings (SSSR count). The van der Waals surface area contributed by atoms with Gasteiger partial charge in [0.25, 0.3) is 0 Å². The minimum absolute atomic E-state index is 0.0357. The molecule has 23 heavy (non-hydrogen) atoms. The van der Waals surface area contributed by atoms with E-state index in [1.165, 1.54) is 0 Å². The summed E-state index contributed by atoms with van der Waals surface area (Å²) in [5.74, 6) is -0.401. The van der Waals surface area contributed by atoms with Crippen LogP contribution in [0, 0.1) is 0 Å². The molecule has 4 heteroatoms. The maximum Gasteiger partial charge on any atom is 0.303 e. The van der Waals surface area contributed by atoms with Crippen LogP contribution in [-0.2, 0) is 11.2 Å². The van der Waals surface area contributed by atoms with Crippen molar-refractivity contribution in [1.82, 2.24) is 0 Å². The highest BCUT2D eigenvalue weighted by Crippen LogP contribution is 2.40. The van der Waals surface area contributed by atoms with Crippen molar-refractivity contribution in [2.45, 2.75) is 39.2 Å². The number of carboxylic acids is 1. The lowest BCUT2D eigenvalue weighted by molar-refractivity contribution is -0.136. The summed E-state index contributed by atoms with van der Waals surface area (Å²) in [6.45, 7) is 5.70. The van der Waals surface area contributed by atoms with Crippen LogP contribution < -0.4 is 4.74 Å². The monoisotopic (exact) mass is 314 g/mol. The van der Waals surface area contributed by atoms with E-state index in [1.807, 2.05) is 57.2 Å². The lowest BCUT2D eigenvalue weighted by atomic mass is 9.99. The Kier molecular flexibility index (Phi) is 4.94. The number of rotatable bonds is 5. The molecule has 0 atom stereocenters. The van der Waals surface area contributed by atoms with Gasteiger partial charge in [0.2, 0.25) is 0 Å². The van der Waals surface area contributed by atoms with Crippen LogP contribution in [0.25, 0.3) is 11.1 Å². The highest BCUT2D eigenvalue weighted by Gasteiger charge is 2.19. The smallest absolute Gasteiger partial charge is 0.303 e. The van der Waals surface area contributed by atoms with Crippen LogP contribution in [0.2, 0.25) is 0 Å². The summed E-state index contributed by atoms with van der Waals surface area (Å²) in [6, 6.07) is 13.0. The third-order valence-corrected chi connectivity index (χ3v) is 3.26. The lowest BCUT2D eigenvalue weighted by Gasteiger charge is -2.23. The van der Waals surface area contributed by atoms with Gasteiger partial charge >= 0.3 is 5.97 Å². The average molecular weight is 314 g/mol. The van der Waals surface area contributed by atoms with Gasteiger partial charge in [-0.3, -0.25) is 4.79 Å². The molecule has 0 saturated heterocycles. The van der Waals surface area contributed by atoms with Gasteiger partial charge in [0.15, 0.2) is 11.5 Å². The quantitative estimate of drug-likeness (QED) is 0.865. The maximum absolute atomic E-state index is 10.8. The number of hydrogen-bond acceptors (Lipinski definition) is 3. The van der Waals surface area contributed by atoms with Crippen molar-refractivity contribution in [2.75, 3.05) is 0 Å². The van der Waals surface area contributed by atoms with Crippen LogP contribution in [0.4, 0.5) is 0 Å². The minimum Gasteiger partial charge on any atom is -0.504 e. The van der Waals surface area contributed by atoms with E-state index in [0.717, 1.165) is 11.1 Å². The third-order valence-electron chi connectivity index (χ3n) is 3.26. The van der Waals surface area contributed by atoms with E-state index >= 15 is 0 Å². The van der Waals surface area contributed by atoms with E-state index in [9.17, 15) is 9.90 Å². The Morgan fingerprint density at radius 1 is 1.13 bits per heavy atom.